The number of sulfone groups is 1. The number of rotatable bonds is 5. The van der Waals surface area contributed by atoms with Gasteiger partial charge in [-0.3, -0.25) is 9.88 Å². The van der Waals surface area contributed by atoms with Crippen LogP contribution in [0.15, 0.2) is 53.0 Å². The lowest BCUT2D eigenvalue weighted by Crippen LogP contribution is -2.44. The molecule has 2 aliphatic rings. The highest BCUT2D eigenvalue weighted by Crippen LogP contribution is 2.48. The van der Waals surface area contributed by atoms with Crippen LogP contribution in [-0.4, -0.2) is 42.6 Å². The molecule has 0 saturated carbocycles. The molecule has 36 heavy (non-hydrogen) atoms. The fraction of sp³-hybridized carbons (Fsp3) is 0.417. The van der Waals surface area contributed by atoms with Gasteiger partial charge < -0.3 is 4.74 Å². The maximum atomic E-state index is 15.2. The minimum atomic E-state index is -4.32. The number of alkyl halides is 3. The molecule has 3 aromatic rings. The zero-order chi connectivity index (χ0) is 25.5. The maximum Gasteiger partial charge on any atom is 0.391 e. The van der Waals surface area contributed by atoms with E-state index in [1.54, 1.807) is 29.8 Å². The van der Waals surface area contributed by atoms with Gasteiger partial charge >= 0.3 is 6.18 Å². The van der Waals surface area contributed by atoms with Crippen LogP contribution in [-0.2, 0) is 15.6 Å². The van der Waals surface area contributed by atoms with Crippen LogP contribution in [0.2, 0.25) is 0 Å². The first-order chi connectivity index (χ1) is 17.1. The topological polar surface area (TPSA) is 72.4 Å². The number of nitrogens with zero attached hydrogens (tertiary/aromatic N) is 3. The predicted octanol–water partition coefficient (Wildman–Crippen LogP) is 5.49. The molecular weight excluding hydrogens is 518 g/mol. The number of hydrogen-bond acceptors (Lipinski definition) is 7. The summed E-state index contributed by atoms with van der Waals surface area (Å²) in [4.78, 5) is 9.74. The second-order valence-electron chi connectivity index (χ2n) is 8.93. The van der Waals surface area contributed by atoms with Crippen molar-refractivity contribution in [3.05, 3.63) is 70.2 Å². The highest BCUT2D eigenvalue weighted by atomic mass is 32.2. The molecule has 2 aliphatic heterocycles. The second kappa shape index (κ2) is 9.71. The number of ether oxygens (including phenoxy) is 1. The highest BCUT2D eigenvalue weighted by molar-refractivity contribution is 7.90. The summed E-state index contributed by atoms with van der Waals surface area (Å²) in [7, 11) is -4.02. The smallest absolute Gasteiger partial charge is 0.391 e. The zero-order valence-electron chi connectivity index (χ0n) is 19.0. The van der Waals surface area contributed by atoms with Crippen LogP contribution in [0.1, 0.15) is 47.6 Å². The Hall–Kier alpha value is -2.57. The number of piperidine rings is 1. The Balaban J connectivity index is 1.49. The fourth-order valence-electron chi connectivity index (χ4n) is 5.04. The van der Waals surface area contributed by atoms with Gasteiger partial charge in [0.25, 0.3) is 0 Å². The number of likely N-dealkylation sites (tertiary alicyclic amines) is 1. The van der Waals surface area contributed by atoms with Gasteiger partial charge in [-0.1, -0.05) is 6.07 Å². The van der Waals surface area contributed by atoms with Crippen LogP contribution in [0.4, 0.5) is 17.6 Å². The van der Waals surface area contributed by atoms with Crippen molar-refractivity contribution in [3.63, 3.8) is 0 Å². The normalized spacial score (nSPS) is 23.2. The molecule has 2 aromatic heterocycles. The van der Waals surface area contributed by atoms with Crippen LogP contribution >= 0.6 is 11.3 Å². The summed E-state index contributed by atoms with van der Waals surface area (Å²) in [5.74, 6) is -2.59. The molecule has 0 amide bonds. The molecule has 5 rings (SSSR count). The van der Waals surface area contributed by atoms with Crippen molar-refractivity contribution in [1.82, 2.24) is 14.9 Å². The first kappa shape index (κ1) is 25.1. The summed E-state index contributed by atoms with van der Waals surface area (Å²) >= 11 is 1.16. The third-order valence-corrected chi connectivity index (χ3v) is 9.34. The van der Waals surface area contributed by atoms with E-state index in [2.05, 4.69) is 9.97 Å². The summed E-state index contributed by atoms with van der Waals surface area (Å²) in [5.41, 5.74) is 0.945. The van der Waals surface area contributed by atoms with Gasteiger partial charge in [0.1, 0.15) is 27.2 Å². The van der Waals surface area contributed by atoms with Crippen LogP contribution < -0.4 is 4.74 Å². The van der Waals surface area contributed by atoms with E-state index in [0.29, 0.717) is 22.7 Å². The third-order valence-electron chi connectivity index (χ3n) is 6.74. The van der Waals surface area contributed by atoms with E-state index < -0.39 is 50.5 Å². The van der Waals surface area contributed by atoms with Gasteiger partial charge in [-0.2, -0.15) is 13.2 Å². The lowest BCUT2D eigenvalue weighted by Gasteiger charge is -2.45. The first-order valence-corrected chi connectivity index (χ1v) is 14.0. The lowest BCUT2D eigenvalue weighted by molar-refractivity contribution is -0.192. The van der Waals surface area contributed by atoms with Gasteiger partial charge in [-0.25, -0.2) is 17.8 Å². The molecule has 1 saturated heterocycles. The molecule has 4 heterocycles. The first-order valence-electron chi connectivity index (χ1n) is 11.4. The summed E-state index contributed by atoms with van der Waals surface area (Å²) in [6, 6.07) is 6.40. The average Bonchev–Trinajstić information content (AvgIpc) is 3.35. The number of halogens is 4. The van der Waals surface area contributed by atoms with Crippen molar-refractivity contribution in [3.8, 4) is 5.75 Å². The van der Waals surface area contributed by atoms with Crippen molar-refractivity contribution in [1.29, 1.82) is 0 Å². The Kier molecular flexibility index (Phi) is 6.77. The Morgan fingerprint density at radius 2 is 1.94 bits per heavy atom. The largest absolute Gasteiger partial charge is 0.493 e. The van der Waals surface area contributed by atoms with Crippen molar-refractivity contribution >= 4 is 21.2 Å². The van der Waals surface area contributed by atoms with Gasteiger partial charge in [-0.15, -0.1) is 11.3 Å². The van der Waals surface area contributed by atoms with Crippen molar-refractivity contribution in [2.75, 3.05) is 13.2 Å². The van der Waals surface area contributed by atoms with E-state index in [0.717, 1.165) is 17.4 Å². The van der Waals surface area contributed by atoms with Gasteiger partial charge in [-0.05, 0) is 31.0 Å². The van der Waals surface area contributed by atoms with Gasteiger partial charge in [0.15, 0.2) is 9.84 Å². The molecule has 1 fully saturated rings. The van der Waals surface area contributed by atoms with Crippen molar-refractivity contribution in [2.24, 2.45) is 5.92 Å². The molecule has 12 heteroatoms. The summed E-state index contributed by atoms with van der Waals surface area (Å²) in [6.45, 7) is 0.366. The number of pyridine rings is 1. The van der Waals surface area contributed by atoms with E-state index in [1.807, 2.05) is 4.90 Å². The summed E-state index contributed by atoms with van der Waals surface area (Å²) < 4.78 is 87.6. The predicted molar refractivity (Wildman–Crippen MR) is 125 cm³/mol. The maximum absolute atomic E-state index is 15.2. The molecule has 0 spiro atoms. The van der Waals surface area contributed by atoms with Gasteiger partial charge in [0, 0.05) is 48.4 Å². The fourth-order valence-corrected chi connectivity index (χ4v) is 7.37. The average molecular weight is 542 g/mol. The van der Waals surface area contributed by atoms with Crippen molar-refractivity contribution in [2.45, 2.75) is 48.2 Å². The highest BCUT2D eigenvalue weighted by Gasteiger charge is 2.47. The molecule has 0 N–H and O–H groups in total. The molecule has 0 bridgehead atoms. The zero-order valence-corrected chi connectivity index (χ0v) is 20.6. The van der Waals surface area contributed by atoms with E-state index in [4.69, 9.17) is 4.74 Å². The van der Waals surface area contributed by atoms with Crippen LogP contribution in [0.3, 0.4) is 0 Å². The minimum Gasteiger partial charge on any atom is -0.493 e. The summed E-state index contributed by atoms with van der Waals surface area (Å²) in [5, 5.41) is 1.98. The van der Waals surface area contributed by atoms with Crippen LogP contribution in [0.25, 0.3) is 0 Å². The summed E-state index contributed by atoms with van der Waals surface area (Å²) in [6.07, 6.45) is -1.11. The van der Waals surface area contributed by atoms with Gasteiger partial charge in [0.05, 0.1) is 24.3 Å². The molecule has 0 aliphatic carbocycles. The molecule has 0 unspecified atom stereocenters. The Bertz CT molecular complexity index is 1320. The molecule has 3 atom stereocenters. The number of aromatic nitrogens is 2. The molecule has 192 valence electrons. The van der Waals surface area contributed by atoms with E-state index in [-0.39, 0.29) is 31.7 Å². The lowest BCUT2D eigenvalue weighted by atomic mass is 9.85. The molecular formula is C24H23F4N3O3S2. The molecule has 6 nitrogen and oxygen atoms in total. The number of fused-ring (bicyclic) bond motifs is 1. The monoisotopic (exact) mass is 541 g/mol. The number of thiazole rings is 1. The molecule has 1 aromatic carbocycles. The van der Waals surface area contributed by atoms with Crippen LogP contribution in [0.5, 0.6) is 5.75 Å². The Morgan fingerprint density at radius 3 is 2.64 bits per heavy atom. The van der Waals surface area contributed by atoms with Gasteiger partial charge in [0.2, 0.25) is 0 Å². The van der Waals surface area contributed by atoms with E-state index in [1.165, 1.54) is 12.3 Å². The number of hydrogen-bond donors (Lipinski definition) is 0. The Morgan fingerprint density at radius 1 is 1.11 bits per heavy atom. The Labute approximate surface area is 209 Å². The third kappa shape index (κ3) is 4.98. The number of benzene rings is 1. The van der Waals surface area contributed by atoms with E-state index >= 15 is 4.39 Å². The van der Waals surface area contributed by atoms with E-state index in [9.17, 15) is 21.6 Å². The van der Waals surface area contributed by atoms with Crippen molar-refractivity contribution < 1.29 is 30.7 Å². The SMILES string of the molecule is O=S(=O)(Cc1nccs1)c1cc2c(cc1F)[C@H](N1CC[C@@H](C(F)(F)F)C[C@H]1c1ccccn1)CCO2. The molecule has 0 radical (unpaired) electrons. The second-order valence-corrected chi connectivity index (χ2v) is 11.9. The standard InChI is InChI=1S/C24H23F4N3O3S2/c25-17-12-16-19(5-9-34-21(16)13-22(17)36(32,33)14-23-30-7-10-35-23)31-8-4-15(24(26,27)28)11-20(31)18-3-1-2-6-29-18/h1-3,6-7,10,12-13,15,19-20H,4-5,8-9,11,14H2/t15-,19-,20+/m1/s1. The quantitative estimate of drug-likeness (QED) is 0.398. The minimum absolute atomic E-state index is 0.0811. The van der Waals surface area contributed by atoms with Crippen LogP contribution in [0, 0.1) is 11.7 Å².